The lowest BCUT2D eigenvalue weighted by Gasteiger charge is -2.20. The number of nitrogens with zero attached hydrogens (tertiary/aromatic N) is 2. The first-order chi connectivity index (χ1) is 7.81. The number of hydrogen-bond donors (Lipinski definition) is 1. The number of halogens is 1. The molecule has 1 aromatic carbocycles. The molecule has 0 unspecified atom stereocenters. The van der Waals surface area contributed by atoms with Crippen molar-refractivity contribution in [2.75, 3.05) is 36.3 Å². The smallest absolute Gasteiger partial charge is 0.0737 e. The van der Waals surface area contributed by atoms with Crippen molar-refractivity contribution >= 4 is 11.4 Å². The van der Waals surface area contributed by atoms with Crippen LogP contribution in [0.5, 0.6) is 0 Å². The molecule has 0 aromatic heterocycles. The van der Waals surface area contributed by atoms with E-state index in [1.807, 2.05) is 18.2 Å². The molecule has 16 heavy (non-hydrogen) atoms. The van der Waals surface area contributed by atoms with Crippen LogP contribution in [0.15, 0.2) is 24.3 Å². The fourth-order valence-corrected chi connectivity index (χ4v) is 2.03. The molecule has 0 aliphatic carbocycles. The third-order valence-corrected chi connectivity index (χ3v) is 2.88. The van der Waals surface area contributed by atoms with Crippen LogP contribution >= 0.6 is 0 Å². The van der Waals surface area contributed by atoms with Crippen LogP contribution in [0.1, 0.15) is 12.8 Å². The van der Waals surface area contributed by atoms with E-state index in [9.17, 15) is 4.48 Å². The lowest BCUT2D eigenvalue weighted by Crippen LogP contribution is -2.19. The lowest BCUT2D eigenvalue weighted by molar-refractivity contribution is 0.275. The van der Waals surface area contributed by atoms with Gasteiger partial charge < -0.3 is 10.0 Å². The van der Waals surface area contributed by atoms with E-state index < -0.39 is 0 Å². The highest BCUT2D eigenvalue weighted by atomic mass is 19.2. The Labute approximate surface area is 95.0 Å². The van der Waals surface area contributed by atoms with Crippen molar-refractivity contribution in [3.05, 3.63) is 24.3 Å². The highest BCUT2D eigenvalue weighted by molar-refractivity contribution is 5.58. The van der Waals surface area contributed by atoms with E-state index in [0.717, 1.165) is 18.8 Å². The average molecular weight is 224 g/mol. The van der Waals surface area contributed by atoms with Crippen molar-refractivity contribution in [1.29, 1.82) is 0 Å². The summed E-state index contributed by atoms with van der Waals surface area (Å²) in [5, 5.41) is 9.27. The monoisotopic (exact) mass is 224 g/mol. The van der Waals surface area contributed by atoms with Gasteiger partial charge in [-0.3, -0.25) is 0 Å². The van der Waals surface area contributed by atoms with Gasteiger partial charge in [0.2, 0.25) is 0 Å². The number of aliphatic hydroxyl groups is 1. The first kappa shape index (κ1) is 11.2. The van der Waals surface area contributed by atoms with E-state index in [2.05, 4.69) is 4.90 Å². The molecule has 0 saturated carbocycles. The number of hydrogen-bond acceptors (Lipinski definition) is 3. The van der Waals surface area contributed by atoms with Crippen molar-refractivity contribution in [2.24, 2.45) is 0 Å². The lowest BCUT2D eigenvalue weighted by atomic mass is 10.2. The molecule has 0 radical (unpaired) electrons. The van der Waals surface area contributed by atoms with E-state index in [-0.39, 0.29) is 13.2 Å². The normalized spacial score (nSPS) is 15.5. The van der Waals surface area contributed by atoms with Crippen LogP contribution in [0.4, 0.5) is 15.9 Å². The molecule has 1 aromatic rings. The summed E-state index contributed by atoms with van der Waals surface area (Å²) >= 11 is 0. The van der Waals surface area contributed by atoms with E-state index in [1.165, 1.54) is 12.8 Å². The standard InChI is InChI=1S/C12H17FN2O/c13-15(8-9-16)12-5-3-4-11(10-12)14-6-1-2-7-14/h3-5,10,16H,1-2,6-9H2. The van der Waals surface area contributed by atoms with E-state index in [1.54, 1.807) is 6.07 Å². The van der Waals surface area contributed by atoms with E-state index in [0.29, 0.717) is 10.8 Å². The quantitative estimate of drug-likeness (QED) is 0.792. The molecule has 88 valence electrons. The zero-order valence-electron chi connectivity index (χ0n) is 9.27. The maximum Gasteiger partial charge on any atom is 0.0737 e. The van der Waals surface area contributed by atoms with Gasteiger partial charge in [0.1, 0.15) is 0 Å². The molecule has 1 aliphatic rings. The van der Waals surface area contributed by atoms with Crippen LogP contribution in [-0.2, 0) is 0 Å². The third-order valence-electron chi connectivity index (χ3n) is 2.88. The molecule has 0 amide bonds. The second-order valence-electron chi connectivity index (χ2n) is 4.02. The first-order valence-electron chi connectivity index (χ1n) is 5.70. The van der Waals surface area contributed by atoms with Crippen molar-refractivity contribution in [2.45, 2.75) is 12.8 Å². The topological polar surface area (TPSA) is 26.7 Å². The molecule has 3 nitrogen and oxygen atoms in total. The van der Waals surface area contributed by atoms with Crippen LogP contribution in [0.25, 0.3) is 0 Å². The third kappa shape index (κ3) is 2.44. The molecular formula is C12H17FN2O. The summed E-state index contributed by atoms with van der Waals surface area (Å²) in [5.74, 6) is 0. The SMILES string of the molecule is OCCN(F)c1cccc(N2CCCC2)c1. The van der Waals surface area contributed by atoms with Gasteiger partial charge in [-0.25, -0.2) is 5.12 Å². The van der Waals surface area contributed by atoms with Crippen molar-refractivity contribution in [3.63, 3.8) is 0 Å². The van der Waals surface area contributed by atoms with Crippen LogP contribution in [0, 0.1) is 0 Å². The summed E-state index contributed by atoms with van der Waals surface area (Å²) in [6.45, 7) is 1.94. The van der Waals surface area contributed by atoms with Gasteiger partial charge in [-0.15, -0.1) is 0 Å². The molecule has 4 heteroatoms. The second kappa shape index (κ2) is 5.16. The summed E-state index contributed by atoms with van der Waals surface area (Å²) < 4.78 is 13.5. The van der Waals surface area contributed by atoms with Crippen molar-refractivity contribution < 1.29 is 9.59 Å². The van der Waals surface area contributed by atoms with Crippen LogP contribution in [0.3, 0.4) is 0 Å². The van der Waals surface area contributed by atoms with Gasteiger partial charge >= 0.3 is 0 Å². The fraction of sp³-hybridized carbons (Fsp3) is 0.500. The second-order valence-corrected chi connectivity index (χ2v) is 4.02. The summed E-state index contributed by atoms with van der Waals surface area (Å²) in [6.07, 6.45) is 2.42. The Morgan fingerprint density at radius 1 is 1.31 bits per heavy atom. The predicted octanol–water partition coefficient (Wildman–Crippen LogP) is 1.97. The molecule has 0 atom stereocenters. The highest BCUT2D eigenvalue weighted by Crippen LogP contribution is 2.25. The van der Waals surface area contributed by atoms with Crippen LogP contribution < -0.4 is 10.0 Å². The Bertz CT molecular complexity index is 340. The van der Waals surface area contributed by atoms with Crippen LogP contribution in [0.2, 0.25) is 0 Å². The Hall–Kier alpha value is -1.29. The number of anilines is 2. The highest BCUT2D eigenvalue weighted by Gasteiger charge is 2.13. The first-order valence-corrected chi connectivity index (χ1v) is 5.70. The maximum absolute atomic E-state index is 13.5. The van der Waals surface area contributed by atoms with Gasteiger partial charge in [-0.05, 0) is 31.0 Å². The molecule has 0 bridgehead atoms. The Morgan fingerprint density at radius 3 is 2.75 bits per heavy atom. The molecule has 1 heterocycles. The summed E-state index contributed by atoms with van der Waals surface area (Å²) in [6, 6.07) is 7.41. The zero-order chi connectivity index (χ0) is 11.4. The molecule has 1 fully saturated rings. The summed E-state index contributed by atoms with van der Waals surface area (Å²) in [7, 11) is 0. The summed E-state index contributed by atoms with van der Waals surface area (Å²) in [4.78, 5) is 2.26. The largest absolute Gasteiger partial charge is 0.394 e. The van der Waals surface area contributed by atoms with Crippen molar-refractivity contribution in [3.8, 4) is 0 Å². The van der Waals surface area contributed by atoms with E-state index >= 15 is 0 Å². The minimum atomic E-state index is -0.176. The average Bonchev–Trinajstić information content (AvgIpc) is 2.83. The van der Waals surface area contributed by atoms with Gasteiger partial charge in [0.25, 0.3) is 0 Å². The Balaban J connectivity index is 2.12. The van der Waals surface area contributed by atoms with E-state index in [4.69, 9.17) is 5.11 Å². The molecule has 1 N–H and O–H groups in total. The molecule has 1 aliphatic heterocycles. The number of aliphatic hydroxyl groups excluding tert-OH is 1. The molecule has 0 spiro atoms. The van der Waals surface area contributed by atoms with Gasteiger partial charge in [-0.1, -0.05) is 10.5 Å². The van der Waals surface area contributed by atoms with Gasteiger partial charge in [0.05, 0.1) is 18.8 Å². The molecule has 2 rings (SSSR count). The van der Waals surface area contributed by atoms with Gasteiger partial charge in [0, 0.05) is 18.8 Å². The Kier molecular flexibility index (Phi) is 3.62. The number of benzene rings is 1. The minimum absolute atomic E-state index is 0.0173. The zero-order valence-corrected chi connectivity index (χ0v) is 9.27. The predicted molar refractivity (Wildman–Crippen MR) is 63.4 cm³/mol. The molecular weight excluding hydrogens is 207 g/mol. The summed E-state index contributed by atoms with van der Waals surface area (Å²) in [5.41, 5.74) is 1.58. The minimum Gasteiger partial charge on any atom is -0.394 e. The molecule has 1 saturated heterocycles. The van der Waals surface area contributed by atoms with Crippen molar-refractivity contribution in [1.82, 2.24) is 0 Å². The fourth-order valence-electron chi connectivity index (χ4n) is 2.03. The maximum atomic E-state index is 13.5. The van der Waals surface area contributed by atoms with Crippen LogP contribution in [-0.4, -0.2) is 31.3 Å². The van der Waals surface area contributed by atoms with Gasteiger partial charge in [0.15, 0.2) is 0 Å². The number of rotatable bonds is 4. The Morgan fingerprint density at radius 2 is 2.06 bits per heavy atom. The van der Waals surface area contributed by atoms with Gasteiger partial charge in [-0.2, -0.15) is 0 Å².